The molecule has 0 saturated carbocycles. The Morgan fingerprint density at radius 3 is 3.00 bits per heavy atom. The van der Waals surface area contributed by atoms with Crippen LogP contribution < -0.4 is 5.32 Å². The van der Waals surface area contributed by atoms with Gasteiger partial charge < -0.3 is 5.32 Å². The molecule has 0 atom stereocenters. The van der Waals surface area contributed by atoms with E-state index >= 15 is 0 Å². The van der Waals surface area contributed by atoms with E-state index in [-0.39, 0.29) is 10.0 Å². The molecule has 0 saturated heterocycles. The second-order valence-electron chi connectivity index (χ2n) is 3.85. The van der Waals surface area contributed by atoms with Crippen molar-refractivity contribution >= 4 is 21.6 Å². The van der Waals surface area contributed by atoms with Crippen molar-refractivity contribution in [2.45, 2.75) is 13.0 Å². The Hall–Kier alpha value is -1.94. The maximum Gasteiger partial charge on any atom is 0.161 e. The molecule has 1 aromatic carbocycles. The van der Waals surface area contributed by atoms with Crippen LogP contribution in [0, 0.1) is 17.1 Å². The van der Waals surface area contributed by atoms with Crippen LogP contribution >= 0.6 is 15.9 Å². The smallest absolute Gasteiger partial charge is 0.161 e. The zero-order chi connectivity index (χ0) is 13.7. The van der Waals surface area contributed by atoms with Crippen LogP contribution in [-0.4, -0.2) is 21.5 Å². The van der Waals surface area contributed by atoms with E-state index in [9.17, 15) is 4.39 Å². The molecule has 7 heteroatoms. The van der Waals surface area contributed by atoms with E-state index in [0.717, 1.165) is 6.42 Å². The van der Waals surface area contributed by atoms with Crippen LogP contribution in [0.5, 0.6) is 0 Å². The molecule has 1 heterocycles. The topological polar surface area (TPSA) is 66.5 Å². The summed E-state index contributed by atoms with van der Waals surface area (Å²) in [5.74, 6) is -0.445. The van der Waals surface area contributed by atoms with Gasteiger partial charge in [0.2, 0.25) is 0 Å². The van der Waals surface area contributed by atoms with Gasteiger partial charge in [0.15, 0.2) is 5.82 Å². The van der Waals surface area contributed by atoms with Crippen molar-refractivity contribution in [1.29, 1.82) is 5.26 Å². The molecule has 0 radical (unpaired) electrons. The Balaban J connectivity index is 1.90. The molecule has 5 nitrogen and oxygen atoms in total. The lowest BCUT2D eigenvalue weighted by Gasteiger charge is -2.09. The van der Waals surface area contributed by atoms with Crippen LogP contribution in [0.25, 0.3) is 0 Å². The Labute approximate surface area is 118 Å². The summed E-state index contributed by atoms with van der Waals surface area (Å²) >= 11 is 3.07. The molecular formula is C12H11BrFN5. The Morgan fingerprint density at radius 2 is 2.32 bits per heavy atom. The highest BCUT2D eigenvalue weighted by Gasteiger charge is 2.10. The summed E-state index contributed by atoms with van der Waals surface area (Å²) in [5, 5.41) is 19.3. The van der Waals surface area contributed by atoms with Crippen molar-refractivity contribution in [3.8, 4) is 6.07 Å². The quantitative estimate of drug-likeness (QED) is 0.859. The molecule has 0 aliphatic heterocycles. The van der Waals surface area contributed by atoms with Crippen LogP contribution in [0.15, 0.2) is 29.0 Å². The number of hydrogen-bond acceptors (Lipinski definition) is 4. The highest BCUT2D eigenvalue weighted by Crippen LogP contribution is 2.26. The lowest BCUT2D eigenvalue weighted by molar-refractivity contribution is 0.568. The van der Waals surface area contributed by atoms with Gasteiger partial charge >= 0.3 is 0 Å². The van der Waals surface area contributed by atoms with Gasteiger partial charge in [-0.3, -0.25) is 4.68 Å². The summed E-state index contributed by atoms with van der Waals surface area (Å²) in [4.78, 5) is 0. The zero-order valence-electron chi connectivity index (χ0n) is 9.98. The summed E-state index contributed by atoms with van der Waals surface area (Å²) in [6.45, 7) is 1.32. The third-order valence-electron chi connectivity index (χ3n) is 2.55. The van der Waals surface area contributed by atoms with E-state index in [2.05, 4.69) is 31.6 Å². The summed E-state index contributed by atoms with van der Waals surface area (Å²) in [6, 6.07) is 5.06. The van der Waals surface area contributed by atoms with Crippen molar-refractivity contribution < 1.29 is 4.39 Å². The molecule has 0 amide bonds. The van der Waals surface area contributed by atoms with Gasteiger partial charge in [-0.1, -0.05) is 5.21 Å². The Bertz CT molecular complexity index is 591. The van der Waals surface area contributed by atoms with E-state index in [1.54, 1.807) is 29.2 Å². The predicted molar refractivity (Wildman–Crippen MR) is 71.9 cm³/mol. The van der Waals surface area contributed by atoms with Crippen molar-refractivity contribution in [2.24, 2.45) is 0 Å². The molecule has 1 aromatic heterocycles. The molecule has 0 bridgehead atoms. The number of halogens is 2. The van der Waals surface area contributed by atoms with Crippen LogP contribution in [0.2, 0.25) is 0 Å². The largest absolute Gasteiger partial charge is 0.383 e. The van der Waals surface area contributed by atoms with E-state index in [4.69, 9.17) is 5.26 Å². The molecule has 2 aromatic rings. The average molecular weight is 324 g/mol. The highest BCUT2D eigenvalue weighted by molar-refractivity contribution is 9.10. The number of nitrogens with zero attached hydrogens (tertiary/aromatic N) is 4. The molecule has 0 unspecified atom stereocenters. The number of anilines is 1. The summed E-state index contributed by atoms with van der Waals surface area (Å²) in [5.41, 5.74) is 0.662. The fraction of sp³-hybridized carbons (Fsp3) is 0.250. The fourth-order valence-corrected chi connectivity index (χ4v) is 2.02. The number of benzene rings is 1. The number of hydrogen-bond donors (Lipinski definition) is 1. The molecular weight excluding hydrogens is 313 g/mol. The van der Waals surface area contributed by atoms with Gasteiger partial charge in [-0.2, -0.15) is 5.26 Å². The second-order valence-corrected chi connectivity index (χ2v) is 4.64. The normalized spacial score (nSPS) is 10.2. The third kappa shape index (κ3) is 3.29. The lowest BCUT2D eigenvalue weighted by atomic mass is 10.2. The first-order valence-electron chi connectivity index (χ1n) is 5.68. The first-order valence-corrected chi connectivity index (χ1v) is 6.47. The minimum Gasteiger partial charge on any atom is -0.383 e. The van der Waals surface area contributed by atoms with Crippen molar-refractivity contribution in [3.05, 3.63) is 40.4 Å². The number of aryl methyl sites for hydroxylation is 1. The van der Waals surface area contributed by atoms with Crippen molar-refractivity contribution in [2.75, 3.05) is 11.9 Å². The molecule has 0 spiro atoms. The van der Waals surface area contributed by atoms with E-state index < -0.39 is 5.82 Å². The van der Waals surface area contributed by atoms with Gasteiger partial charge in [0.25, 0.3) is 0 Å². The monoisotopic (exact) mass is 323 g/mol. The Kier molecular flexibility index (Phi) is 4.47. The van der Waals surface area contributed by atoms with Crippen LogP contribution in [0.1, 0.15) is 12.0 Å². The minimum absolute atomic E-state index is 0.191. The fourth-order valence-electron chi connectivity index (χ4n) is 1.59. The van der Waals surface area contributed by atoms with Gasteiger partial charge in [0, 0.05) is 19.3 Å². The number of nitriles is 1. The van der Waals surface area contributed by atoms with Crippen LogP contribution in [-0.2, 0) is 6.54 Å². The van der Waals surface area contributed by atoms with Gasteiger partial charge in [-0.25, -0.2) is 4.39 Å². The Morgan fingerprint density at radius 1 is 1.47 bits per heavy atom. The highest BCUT2D eigenvalue weighted by atomic mass is 79.9. The number of rotatable bonds is 5. The zero-order valence-corrected chi connectivity index (χ0v) is 11.6. The van der Waals surface area contributed by atoms with E-state index in [1.165, 1.54) is 0 Å². The second kappa shape index (κ2) is 6.29. The summed E-state index contributed by atoms with van der Waals surface area (Å²) < 4.78 is 15.8. The van der Waals surface area contributed by atoms with Crippen LogP contribution in [0.4, 0.5) is 10.1 Å². The van der Waals surface area contributed by atoms with Gasteiger partial charge in [-0.05, 0) is 34.5 Å². The SMILES string of the molecule is N#Cc1ccc(NCCCn2ccnn2)c(F)c1Br. The summed E-state index contributed by atoms with van der Waals surface area (Å²) in [6.07, 6.45) is 4.18. The van der Waals surface area contributed by atoms with Crippen molar-refractivity contribution in [1.82, 2.24) is 15.0 Å². The molecule has 0 aliphatic carbocycles. The standard InChI is InChI=1S/C12H11BrFN5/c13-11-9(8-15)2-3-10(12(11)14)16-4-1-6-19-7-5-17-18-19/h2-3,5,7,16H,1,4,6H2. The van der Waals surface area contributed by atoms with Gasteiger partial charge in [0.1, 0.15) is 6.07 Å². The predicted octanol–water partition coefficient (Wildman–Crippen LogP) is 2.55. The van der Waals surface area contributed by atoms with Crippen LogP contribution in [0.3, 0.4) is 0 Å². The first kappa shape index (κ1) is 13.5. The molecule has 19 heavy (non-hydrogen) atoms. The number of aromatic nitrogens is 3. The summed E-state index contributed by atoms with van der Waals surface area (Å²) in [7, 11) is 0. The molecule has 2 rings (SSSR count). The average Bonchev–Trinajstić information content (AvgIpc) is 2.92. The van der Waals surface area contributed by atoms with Gasteiger partial charge in [-0.15, -0.1) is 5.10 Å². The first-order chi connectivity index (χ1) is 9.22. The van der Waals surface area contributed by atoms with Gasteiger partial charge in [0.05, 0.1) is 21.9 Å². The van der Waals surface area contributed by atoms with Crippen molar-refractivity contribution in [3.63, 3.8) is 0 Å². The minimum atomic E-state index is -0.445. The lowest BCUT2D eigenvalue weighted by Crippen LogP contribution is -2.08. The van der Waals surface area contributed by atoms with E-state index in [0.29, 0.717) is 18.8 Å². The molecule has 0 aliphatic rings. The molecule has 1 N–H and O–H groups in total. The molecule has 0 fully saturated rings. The molecule has 98 valence electrons. The third-order valence-corrected chi connectivity index (χ3v) is 3.33. The maximum absolute atomic E-state index is 13.9. The van der Waals surface area contributed by atoms with E-state index in [1.807, 2.05) is 6.07 Å². The number of nitrogens with one attached hydrogen (secondary N) is 1. The maximum atomic E-state index is 13.9.